The van der Waals surface area contributed by atoms with Crippen LogP contribution in [0.4, 0.5) is 13.2 Å². The second-order valence-electron chi connectivity index (χ2n) is 5.77. The zero-order valence-electron chi connectivity index (χ0n) is 14.3. The minimum absolute atomic E-state index is 0.140. The Morgan fingerprint density at radius 2 is 1.96 bits per heavy atom. The summed E-state index contributed by atoms with van der Waals surface area (Å²) in [6.07, 6.45) is -4.75. The number of benzene rings is 1. The smallest absolute Gasteiger partial charge is 0.418 e. The van der Waals surface area contributed by atoms with E-state index in [4.69, 9.17) is 16.0 Å². The number of tetrazole rings is 1. The number of hydrogen-bond donors (Lipinski definition) is 0. The Morgan fingerprint density at radius 1 is 1.25 bits per heavy atom. The zero-order valence-corrected chi connectivity index (χ0v) is 15.9. The number of nitrogens with zero attached hydrogens (tertiary/aromatic N) is 6. The molecule has 0 spiro atoms. The molecule has 150 valence electrons. The summed E-state index contributed by atoms with van der Waals surface area (Å²) >= 11 is 5.66. The molecule has 2 heterocycles. The SMILES string of the molecule is Cc1nnc([C@@H](C)S(=O)(=O)Cc2nnnn2-c2ccc(Cl)cc2C(F)(F)F)o1. The molecule has 0 unspecified atom stereocenters. The molecule has 0 N–H and O–H groups in total. The zero-order chi connectivity index (χ0) is 20.7. The van der Waals surface area contributed by atoms with Crippen molar-refractivity contribution in [3.05, 3.63) is 46.4 Å². The molecule has 2 aromatic heterocycles. The van der Waals surface area contributed by atoms with Gasteiger partial charge in [-0.1, -0.05) is 11.6 Å². The maximum Gasteiger partial charge on any atom is 0.418 e. The molecule has 1 atom stereocenters. The molecule has 0 aliphatic heterocycles. The number of aromatic nitrogens is 6. The Labute approximate surface area is 161 Å². The van der Waals surface area contributed by atoms with Gasteiger partial charge in [0.05, 0.1) is 11.3 Å². The van der Waals surface area contributed by atoms with Crippen molar-refractivity contribution in [2.45, 2.75) is 31.0 Å². The monoisotopic (exact) mass is 436 g/mol. The van der Waals surface area contributed by atoms with E-state index in [0.717, 1.165) is 6.07 Å². The van der Waals surface area contributed by atoms with Gasteiger partial charge in [0.15, 0.2) is 15.7 Å². The van der Waals surface area contributed by atoms with E-state index in [1.807, 2.05) is 0 Å². The summed E-state index contributed by atoms with van der Waals surface area (Å²) in [5, 5.41) is 16.3. The normalized spacial score (nSPS) is 13.6. The van der Waals surface area contributed by atoms with E-state index in [0.29, 0.717) is 10.7 Å². The maximum atomic E-state index is 13.4. The van der Waals surface area contributed by atoms with Crippen LogP contribution < -0.4 is 0 Å². The van der Waals surface area contributed by atoms with Crippen LogP contribution in [0, 0.1) is 6.92 Å². The topological polar surface area (TPSA) is 117 Å². The van der Waals surface area contributed by atoms with Gasteiger partial charge in [-0.25, -0.2) is 8.42 Å². The van der Waals surface area contributed by atoms with Gasteiger partial charge in [0.2, 0.25) is 11.8 Å². The van der Waals surface area contributed by atoms with Crippen LogP contribution in [-0.2, 0) is 21.8 Å². The predicted molar refractivity (Wildman–Crippen MR) is 89.2 cm³/mol. The molecule has 0 saturated heterocycles. The lowest BCUT2D eigenvalue weighted by atomic mass is 10.1. The Bertz CT molecular complexity index is 1110. The first-order chi connectivity index (χ1) is 13.0. The summed E-state index contributed by atoms with van der Waals surface area (Å²) < 4.78 is 71.2. The molecule has 0 saturated carbocycles. The van der Waals surface area contributed by atoms with Crippen LogP contribution >= 0.6 is 11.6 Å². The molecule has 0 amide bonds. The van der Waals surface area contributed by atoms with Gasteiger partial charge in [-0.15, -0.1) is 15.3 Å². The third-order valence-corrected chi connectivity index (χ3v) is 5.96. The van der Waals surface area contributed by atoms with Crippen molar-refractivity contribution in [3.8, 4) is 5.69 Å². The highest BCUT2D eigenvalue weighted by molar-refractivity contribution is 7.90. The highest BCUT2D eigenvalue weighted by atomic mass is 35.5. The first kappa shape index (κ1) is 20.2. The second-order valence-corrected chi connectivity index (χ2v) is 8.53. The molecule has 0 aliphatic carbocycles. The molecule has 0 fully saturated rings. The van der Waals surface area contributed by atoms with E-state index in [-0.39, 0.29) is 22.6 Å². The number of halogens is 4. The molecule has 1 aromatic carbocycles. The van der Waals surface area contributed by atoms with Crippen molar-refractivity contribution in [3.63, 3.8) is 0 Å². The highest BCUT2D eigenvalue weighted by Gasteiger charge is 2.36. The lowest BCUT2D eigenvalue weighted by Gasteiger charge is -2.14. The molecule has 14 heteroatoms. The van der Waals surface area contributed by atoms with Gasteiger partial charge < -0.3 is 4.42 Å². The molecule has 0 bridgehead atoms. The second kappa shape index (κ2) is 7.13. The Balaban J connectivity index is 2.00. The van der Waals surface area contributed by atoms with Crippen LogP contribution in [-0.4, -0.2) is 38.8 Å². The first-order valence-electron chi connectivity index (χ1n) is 7.65. The van der Waals surface area contributed by atoms with Crippen LogP contribution in [0.2, 0.25) is 5.02 Å². The Morgan fingerprint density at radius 3 is 2.57 bits per heavy atom. The summed E-state index contributed by atoms with van der Waals surface area (Å²) in [6, 6.07) is 2.99. The third-order valence-electron chi connectivity index (χ3n) is 3.78. The van der Waals surface area contributed by atoms with E-state index in [2.05, 4.69) is 25.7 Å². The predicted octanol–water partition coefficient (Wildman–Crippen LogP) is 2.70. The number of rotatable bonds is 5. The van der Waals surface area contributed by atoms with Crippen molar-refractivity contribution >= 4 is 21.4 Å². The largest absolute Gasteiger partial charge is 0.424 e. The van der Waals surface area contributed by atoms with Crippen LogP contribution in [0.3, 0.4) is 0 Å². The van der Waals surface area contributed by atoms with Gasteiger partial charge in [0, 0.05) is 11.9 Å². The van der Waals surface area contributed by atoms with Gasteiger partial charge in [-0.2, -0.15) is 17.9 Å². The van der Waals surface area contributed by atoms with E-state index in [1.54, 1.807) is 0 Å². The fourth-order valence-corrected chi connectivity index (χ4v) is 3.70. The first-order valence-corrected chi connectivity index (χ1v) is 9.74. The Kier molecular flexibility index (Phi) is 5.14. The molecular weight excluding hydrogens is 425 g/mol. The molecule has 28 heavy (non-hydrogen) atoms. The van der Waals surface area contributed by atoms with E-state index >= 15 is 0 Å². The van der Waals surface area contributed by atoms with E-state index in [1.165, 1.54) is 19.9 Å². The minimum atomic E-state index is -4.75. The van der Waals surface area contributed by atoms with Crippen LogP contribution in [0.1, 0.15) is 35.3 Å². The molecule has 0 aliphatic rings. The summed E-state index contributed by atoms with van der Waals surface area (Å²) in [4.78, 5) is 0. The molecular formula is C14H12ClF3N6O3S. The van der Waals surface area contributed by atoms with Crippen LogP contribution in [0.25, 0.3) is 5.69 Å². The summed E-state index contributed by atoms with van der Waals surface area (Å²) in [7, 11) is -3.98. The summed E-state index contributed by atoms with van der Waals surface area (Å²) in [5.74, 6) is -1.02. The quantitative estimate of drug-likeness (QED) is 0.599. The lowest BCUT2D eigenvalue weighted by Crippen LogP contribution is -2.18. The number of aryl methyl sites for hydroxylation is 1. The summed E-state index contributed by atoms with van der Waals surface area (Å²) in [6.45, 7) is 2.81. The average molecular weight is 437 g/mol. The van der Waals surface area contributed by atoms with Crippen molar-refractivity contribution in [1.29, 1.82) is 0 Å². The van der Waals surface area contributed by atoms with Gasteiger partial charge >= 0.3 is 6.18 Å². The fraction of sp³-hybridized carbons (Fsp3) is 0.357. The standard InChI is InChI=1S/C14H12ClF3N6O3S/c1-7(13-21-19-8(2)27-13)28(25,26)6-12-20-22-23-24(12)11-4-3-9(15)5-10(11)14(16,17)18/h3-5,7H,6H2,1-2H3/t7-/m1/s1. The van der Waals surface area contributed by atoms with Gasteiger partial charge in [-0.3, -0.25) is 0 Å². The highest BCUT2D eigenvalue weighted by Crippen LogP contribution is 2.36. The number of hydrogen-bond acceptors (Lipinski definition) is 8. The number of sulfone groups is 1. The van der Waals surface area contributed by atoms with E-state index in [9.17, 15) is 21.6 Å². The molecule has 3 rings (SSSR count). The lowest BCUT2D eigenvalue weighted by molar-refractivity contribution is -0.137. The summed E-state index contributed by atoms with van der Waals surface area (Å²) in [5.41, 5.74) is -1.56. The van der Waals surface area contributed by atoms with Crippen LogP contribution in [0.15, 0.2) is 22.6 Å². The molecule has 3 aromatic rings. The average Bonchev–Trinajstić information content (AvgIpc) is 3.22. The van der Waals surface area contributed by atoms with Crippen molar-refractivity contribution in [2.75, 3.05) is 0 Å². The maximum absolute atomic E-state index is 13.4. The van der Waals surface area contributed by atoms with Crippen molar-refractivity contribution in [1.82, 2.24) is 30.4 Å². The van der Waals surface area contributed by atoms with Gasteiger partial charge in [0.25, 0.3) is 0 Å². The number of alkyl halides is 3. The fourth-order valence-electron chi connectivity index (χ4n) is 2.34. The van der Waals surface area contributed by atoms with Crippen molar-refractivity contribution < 1.29 is 26.0 Å². The van der Waals surface area contributed by atoms with Crippen LogP contribution in [0.5, 0.6) is 0 Å². The van der Waals surface area contributed by atoms with Gasteiger partial charge in [0.1, 0.15) is 11.0 Å². The Hall–Kier alpha value is -2.54. The van der Waals surface area contributed by atoms with E-state index < -0.39 is 38.3 Å². The third kappa shape index (κ3) is 3.99. The molecule has 9 nitrogen and oxygen atoms in total. The minimum Gasteiger partial charge on any atom is -0.424 e. The van der Waals surface area contributed by atoms with Crippen molar-refractivity contribution in [2.24, 2.45) is 0 Å². The van der Waals surface area contributed by atoms with Gasteiger partial charge in [-0.05, 0) is 35.5 Å². The molecule has 0 radical (unpaired) electrons.